The molecule has 3 nitrogen and oxygen atoms in total. The number of benzene rings is 2. The maximum atomic E-state index is 13.4. The Morgan fingerprint density at radius 1 is 1.08 bits per heavy atom. The first-order chi connectivity index (χ1) is 12.1. The first kappa shape index (κ1) is 18.2. The summed E-state index contributed by atoms with van der Waals surface area (Å²) in [6, 6.07) is 8.30. The SMILES string of the molecule is Cc1cc(N(C)C)cc(-c2c3cccc(C(F)(F)F)c3nc[n+]2C)c1C. The average molecular weight is 360 g/mol. The van der Waals surface area contributed by atoms with Crippen molar-refractivity contribution in [2.24, 2.45) is 7.05 Å². The highest BCUT2D eigenvalue weighted by Crippen LogP contribution is 2.37. The lowest BCUT2D eigenvalue weighted by atomic mass is 9.96. The fourth-order valence-electron chi connectivity index (χ4n) is 3.17. The van der Waals surface area contributed by atoms with Crippen molar-refractivity contribution in [2.45, 2.75) is 20.0 Å². The minimum Gasteiger partial charge on any atom is -0.378 e. The molecule has 136 valence electrons. The maximum absolute atomic E-state index is 13.4. The van der Waals surface area contributed by atoms with Crippen molar-refractivity contribution in [3.63, 3.8) is 0 Å². The lowest BCUT2D eigenvalue weighted by Crippen LogP contribution is -2.32. The van der Waals surface area contributed by atoms with Crippen LogP contribution in [0.15, 0.2) is 36.7 Å². The fourth-order valence-corrected chi connectivity index (χ4v) is 3.17. The summed E-state index contributed by atoms with van der Waals surface area (Å²) in [5.74, 6) is 0. The molecule has 6 heteroatoms. The van der Waals surface area contributed by atoms with E-state index in [1.165, 1.54) is 12.4 Å². The molecular weight excluding hydrogens is 339 g/mol. The second-order valence-corrected chi connectivity index (χ2v) is 6.73. The zero-order chi connectivity index (χ0) is 19.2. The third kappa shape index (κ3) is 3.00. The monoisotopic (exact) mass is 360 g/mol. The predicted molar refractivity (Wildman–Crippen MR) is 97.2 cm³/mol. The van der Waals surface area contributed by atoms with E-state index in [4.69, 9.17) is 0 Å². The van der Waals surface area contributed by atoms with Crippen molar-refractivity contribution in [2.75, 3.05) is 19.0 Å². The molecule has 0 fully saturated rings. The average Bonchev–Trinajstić information content (AvgIpc) is 2.56. The summed E-state index contributed by atoms with van der Waals surface area (Å²) in [5.41, 5.74) is 4.02. The number of aromatic nitrogens is 2. The molecule has 0 aliphatic heterocycles. The van der Waals surface area contributed by atoms with Gasteiger partial charge in [-0.2, -0.15) is 13.2 Å². The van der Waals surface area contributed by atoms with Crippen molar-refractivity contribution < 1.29 is 17.7 Å². The van der Waals surface area contributed by atoms with Crippen LogP contribution in [-0.4, -0.2) is 19.1 Å². The van der Waals surface area contributed by atoms with Crippen LogP contribution in [-0.2, 0) is 13.2 Å². The molecule has 0 aliphatic rings. The summed E-state index contributed by atoms with van der Waals surface area (Å²) in [5, 5.41) is 0.489. The van der Waals surface area contributed by atoms with Crippen LogP contribution in [0.5, 0.6) is 0 Å². The van der Waals surface area contributed by atoms with Crippen LogP contribution in [0.2, 0.25) is 0 Å². The second-order valence-electron chi connectivity index (χ2n) is 6.73. The number of fused-ring (bicyclic) bond motifs is 1. The number of para-hydroxylation sites is 1. The zero-order valence-electron chi connectivity index (χ0n) is 15.4. The van der Waals surface area contributed by atoms with Gasteiger partial charge in [0, 0.05) is 25.3 Å². The van der Waals surface area contributed by atoms with Crippen LogP contribution in [0.4, 0.5) is 18.9 Å². The Labute approximate surface area is 150 Å². The van der Waals surface area contributed by atoms with Gasteiger partial charge in [-0.05, 0) is 54.2 Å². The van der Waals surface area contributed by atoms with Crippen LogP contribution >= 0.6 is 0 Å². The lowest BCUT2D eigenvalue weighted by Gasteiger charge is -2.18. The van der Waals surface area contributed by atoms with Gasteiger partial charge in [-0.3, -0.25) is 0 Å². The minimum absolute atomic E-state index is 0.0274. The summed E-state index contributed by atoms with van der Waals surface area (Å²) in [7, 11) is 5.69. The van der Waals surface area contributed by atoms with Gasteiger partial charge in [0.25, 0.3) is 6.33 Å². The number of alkyl halides is 3. The minimum atomic E-state index is -4.44. The van der Waals surface area contributed by atoms with E-state index in [-0.39, 0.29) is 5.52 Å². The number of halogens is 3. The predicted octanol–water partition coefficient (Wildman–Crippen LogP) is 4.43. The summed E-state index contributed by atoms with van der Waals surface area (Å²) in [6.07, 6.45) is -3.00. The number of rotatable bonds is 2. The summed E-state index contributed by atoms with van der Waals surface area (Å²) in [6.45, 7) is 4.00. The third-order valence-corrected chi connectivity index (χ3v) is 4.73. The van der Waals surface area contributed by atoms with Crippen molar-refractivity contribution in [1.29, 1.82) is 0 Å². The van der Waals surface area contributed by atoms with Gasteiger partial charge in [-0.15, -0.1) is 0 Å². The molecule has 0 radical (unpaired) electrons. The van der Waals surface area contributed by atoms with Gasteiger partial charge in [0.1, 0.15) is 11.3 Å². The first-order valence-corrected chi connectivity index (χ1v) is 8.24. The topological polar surface area (TPSA) is 20.0 Å². The fraction of sp³-hybridized carbons (Fsp3) is 0.300. The highest BCUT2D eigenvalue weighted by Gasteiger charge is 2.36. The van der Waals surface area contributed by atoms with Gasteiger partial charge in [-0.25, -0.2) is 4.57 Å². The molecular formula is C20H21F3N3+. The van der Waals surface area contributed by atoms with Gasteiger partial charge >= 0.3 is 6.18 Å². The highest BCUT2D eigenvalue weighted by atomic mass is 19.4. The summed E-state index contributed by atoms with van der Waals surface area (Å²) in [4.78, 5) is 6.06. The van der Waals surface area contributed by atoms with E-state index < -0.39 is 11.7 Å². The Bertz CT molecular complexity index is 992. The van der Waals surface area contributed by atoms with Crippen molar-refractivity contribution in [1.82, 2.24) is 4.98 Å². The molecule has 0 atom stereocenters. The molecule has 1 aromatic heterocycles. The molecule has 0 N–H and O–H groups in total. The Kier molecular flexibility index (Phi) is 4.38. The van der Waals surface area contributed by atoms with E-state index in [0.717, 1.165) is 34.1 Å². The standard InChI is InChI=1S/C20H21F3N3/c1-12-9-14(25(3)4)10-16(13(12)2)19-15-7-6-8-17(20(21,22)23)18(15)24-11-26(19)5/h6-11H,1-5H3/q+1. The number of nitrogens with zero attached hydrogens (tertiary/aromatic N) is 3. The molecule has 3 rings (SSSR count). The Morgan fingerprint density at radius 3 is 2.38 bits per heavy atom. The van der Waals surface area contributed by atoms with E-state index >= 15 is 0 Å². The number of hydrogen-bond donors (Lipinski definition) is 0. The van der Waals surface area contributed by atoms with E-state index in [1.54, 1.807) is 17.7 Å². The Morgan fingerprint density at radius 2 is 1.77 bits per heavy atom. The molecule has 0 unspecified atom stereocenters. The first-order valence-electron chi connectivity index (χ1n) is 8.24. The quantitative estimate of drug-likeness (QED) is 0.630. The molecule has 2 aromatic carbocycles. The summed E-state index contributed by atoms with van der Waals surface area (Å²) >= 11 is 0. The number of hydrogen-bond acceptors (Lipinski definition) is 2. The van der Waals surface area contributed by atoms with Crippen LogP contribution in [0.1, 0.15) is 16.7 Å². The smallest absolute Gasteiger partial charge is 0.378 e. The molecule has 1 heterocycles. The normalized spacial score (nSPS) is 11.8. The van der Waals surface area contributed by atoms with Crippen LogP contribution < -0.4 is 9.47 Å². The molecule has 0 aliphatic carbocycles. The van der Waals surface area contributed by atoms with E-state index in [1.807, 2.05) is 38.9 Å². The van der Waals surface area contributed by atoms with Gasteiger partial charge in [0.05, 0.1) is 12.4 Å². The largest absolute Gasteiger partial charge is 0.420 e. The van der Waals surface area contributed by atoms with E-state index in [2.05, 4.69) is 11.1 Å². The molecule has 0 spiro atoms. The molecule has 0 saturated heterocycles. The molecule has 0 saturated carbocycles. The van der Waals surface area contributed by atoms with E-state index in [0.29, 0.717) is 5.39 Å². The summed E-state index contributed by atoms with van der Waals surface area (Å²) < 4.78 is 42.0. The molecule has 3 aromatic rings. The number of aryl methyl sites for hydroxylation is 2. The van der Waals surface area contributed by atoms with Gasteiger partial charge < -0.3 is 4.90 Å². The van der Waals surface area contributed by atoms with Crippen LogP contribution in [0.25, 0.3) is 22.2 Å². The molecule has 26 heavy (non-hydrogen) atoms. The van der Waals surface area contributed by atoms with Crippen molar-refractivity contribution in [3.05, 3.63) is 53.3 Å². The lowest BCUT2D eigenvalue weighted by molar-refractivity contribution is -0.662. The van der Waals surface area contributed by atoms with Crippen molar-refractivity contribution >= 4 is 16.6 Å². The maximum Gasteiger partial charge on any atom is 0.420 e. The molecule has 0 bridgehead atoms. The zero-order valence-corrected chi connectivity index (χ0v) is 15.4. The van der Waals surface area contributed by atoms with Gasteiger partial charge in [0.15, 0.2) is 5.52 Å². The van der Waals surface area contributed by atoms with Crippen molar-refractivity contribution in [3.8, 4) is 11.3 Å². The Balaban J connectivity index is 2.42. The Hall–Kier alpha value is -2.63. The second kappa shape index (κ2) is 6.27. The van der Waals surface area contributed by atoms with E-state index in [9.17, 15) is 13.2 Å². The highest BCUT2D eigenvalue weighted by molar-refractivity contribution is 5.94. The molecule has 0 amide bonds. The third-order valence-electron chi connectivity index (χ3n) is 4.73. The van der Waals surface area contributed by atoms with Gasteiger partial charge in [-0.1, -0.05) is 6.07 Å². The van der Waals surface area contributed by atoms with Gasteiger partial charge in [0.2, 0.25) is 0 Å². The number of anilines is 1. The van der Waals surface area contributed by atoms with Crippen LogP contribution in [0.3, 0.4) is 0 Å². The van der Waals surface area contributed by atoms with Crippen LogP contribution in [0, 0.1) is 13.8 Å².